The van der Waals surface area contributed by atoms with Crippen molar-refractivity contribution in [2.45, 2.75) is 12.8 Å². The molecule has 0 aliphatic heterocycles. The zero-order valence-corrected chi connectivity index (χ0v) is 10.9. The fourth-order valence-electron chi connectivity index (χ4n) is 2.33. The SMILES string of the molecule is OCCCc1ccc(-c2cccc3n[nH]nc23)c(O)c1. The van der Waals surface area contributed by atoms with Gasteiger partial charge in [-0.3, -0.25) is 0 Å². The molecule has 1 aromatic heterocycles. The van der Waals surface area contributed by atoms with Crippen molar-refractivity contribution in [1.82, 2.24) is 15.4 Å². The number of nitrogens with zero attached hydrogens (tertiary/aromatic N) is 2. The maximum atomic E-state index is 10.2. The predicted octanol–water partition coefficient (Wildman–Crippen LogP) is 2.26. The minimum atomic E-state index is 0.154. The lowest BCUT2D eigenvalue weighted by molar-refractivity contribution is 0.288. The van der Waals surface area contributed by atoms with Gasteiger partial charge in [0, 0.05) is 17.7 Å². The summed E-state index contributed by atoms with van der Waals surface area (Å²) in [7, 11) is 0. The molecule has 3 aromatic rings. The van der Waals surface area contributed by atoms with E-state index in [1.54, 1.807) is 6.07 Å². The van der Waals surface area contributed by atoms with Crippen LogP contribution >= 0.6 is 0 Å². The van der Waals surface area contributed by atoms with E-state index in [4.69, 9.17) is 5.11 Å². The van der Waals surface area contributed by atoms with Crippen LogP contribution in [0.4, 0.5) is 0 Å². The third-order valence-electron chi connectivity index (χ3n) is 3.32. The summed E-state index contributed by atoms with van der Waals surface area (Å²) in [6.45, 7) is 0.154. The molecule has 3 rings (SSSR count). The van der Waals surface area contributed by atoms with Crippen molar-refractivity contribution in [3.05, 3.63) is 42.0 Å². The summed E-state index contributed by atoms with van der Waals surface area (Å²) >= 11 is 0. The van der Waals surface area contributed by atoms with Crippen molar-refractivity contribution in [3.8, 4) is 16.9 Å². The second-order valence-corrected chi connectivity index (χ2v) is 4.68. The number of rotatable bonds is 4. The lowest BCUT2D eigenvalue weighted by Gasteiger charge is -2.07. The summed E-state index contributed by atoms with van der Waals surface area (Å²) in [5.41, 5.74) is 4.10. The Morgan fingerprint density at radius 2 is 1.95 bits per heavy atom. The summed E-state index contributed by atoms with van der Waals surface area (Å²) in [5, 5.41) is 29.8. The van der Waals surface area contributed by atoms with Gasteiger partial charge in [0.1, 0.15) is 16.8 Å². The van der Waals surface area contributed by atoms with Gasteiger partial charge < -0.3 is 10.2 Å². The Morgan fingerprint density at radius 3 is 2.75 bits per heavy atom. The summed E-state index contributed by atoms with van der Waals surface area (Å²) in [4.78, 5) is 0. The van der Waals surface area contributed by atoms with E-state index < -0.39 is 0 Å². The zero-order chi connectivity index (χ0) is 13.9. The van der Waals surface area contributed by atoms with E-state index in [1.165, 1.54) is 0 Å². The number of para-hydroxylation sites is 1. The Bertz CT molecular complexity index is 737. The number of aromatic amines is 1. The second-order valence-electron chi connectivity index (χ2n) is 4.68. The average Bonchev–Trinajstić information content (AvgIpc) is 2.94. The minimum absolute atomic E-state index is 0.154. The number of hydrogen-bond donors (Lipinski definition) is 3. The Morgan fingerprint density at radius 1 is 1.05 bits per heavy atom. The molecule has 0 unspecified atom stereocenters. The van der Waals surface area contributed by atoms with Gasteiger partial charge in [-0.15, -0.1) is 0 Å². The molecule has 0 radical (unpaired) electrons. The molecule has 0 saturated heterocycles. The third kappa shape index (κ3) is 2.23. The quantitative estimate of drug-likeness (QED) is 0.678. The number of aliphatic hydroxyl groups excluding tert-OH is 1. The number of nitrogens with one attached hydrogen (secondary N) is 1. The van der Waals surface area contributed by atoms with Crippen molar-refractivity contribution in [1.29, 1.82) is 0 Å². The monoisotopic (exact) mass is 269 g/mol. The molecule has 20 heavy (non-hydrogen) atoms. The van der Waals surface area contributed by atoms with Gasteiger partial charge in [0.05, 0.1) is 0 Å². The first kappa shape index (κ1) is 12.6. The van der Waals surface area contributed by atoms with Crippen LogP contribution in [-0.4, -0.2) is 32.2 Å². The topological polar surface area (TPSA) is 82.0 Å². The van der Waals surface area contributed by atoms with Gasteiger partial charge in [0.25, 0.3) is 0 Å². The standard InChI is InChI=1S/C15H15N3O2/c19-8-2-3-10-6-7-11(14(20)9-10)12-4-1-5-13-15(12)17-18-16-13/h1,4-7,9,19-20H,2-3,8H2,(H,16,17,18). The van der Waals surface area contributed by atoms with E-state index in [9.17, 15) is 5.11 Å². The number of fused-ring (bicyclic) bond motifs is 1. The van der Waals surface area contributed by atoms with Gasteiger partial charge in [-0.1, -0.05) is 24.3 Å². The van der Waals surface area contributed by atoms with Crippen molar-refractivity contribution in [2.75, 3.05) is 6.61 Å². The van der Waals surface area contributed by atoms with E-state index in [0.717, 1.165) is 34.1 Å². The number of aromatic nitrogens is 3. The number of aryl methyl sites for hydroxylation is 1. The summed E-state index contributed by atoms with van der Waals surface area (Å²) in [6.07, 6.45) is 1.44. The van der Waals surface area contributed by atoms with Crippen LogP contribution < -0.4 is 0 Å². The van der Waals surface area contributed by atoms with Gasteiger partial charge in [-0.25, -0.2) is 0 Å². The second kappa shape index (κ2) is 5.30. The molecule has 5 heteroatoms. The van der Waals surface area contributed by atoms with Gasteiger partial charge in [0.2, 0.25) is 0 Å². The molecule has 0 amide bonds. The van der Waals surface area contributed by atoms with Crippen LogP contribution in [0.5, 0.6) is 5.75 Å². The molecular formula is C15H15N3O2. The van der Waals surface area contributed by atoms with Crippen LogP contribution in [0, 0.1) is 0 Å². The molecule has 0 aliphatic carbocycles. The molecule has 1 heterocycles. The molecule has 0 atom stereocenters. The number of hydrogen-bond acceptors (Lipinski definition) is 4. The number of aliphatic hydroxyl groups is 1. The smallest absolute Gasteiger partial charge is 0.123 e. The van der Waals surface area contributed by atoms with E-state index in [2.05, 4.69) is 15.4 Å². The van der Waals surface area contributed by atoms with Crippen LogP contribution in [0.25, 0.3) is 22.2 Å². The first-order chi connectivity index (χ1) is 9.79. The number of aromatic hydroxyl groups is 1. The lowest BCUT2D eigenvalue weighted by atomic mass is 10.00. The van der Waals surface area contributed by atoms with Crippen LogP contribution in [0.3, 0.4) is 0 Å². The average molecular weight is 269 g/mol. The Hall–Kier alpha value is -2.40. The minimum Gasteiger partial charge on any atom is -0.507 e. The molecule has 0 bridgehead atoms. The van der Waals surface area contributed by atoms with Crippen molar-refractivity contribution >= 4 is 11.0 Å². The van der Waals surface area contributed by atoms with Gasteiger partial charge in [-0.2, -0.15) is 15.4 Å². The highest BCUT2D eigenvalue weighted by Gasteiger charge is 2.11. The van der Waals surface area contributed by atoms with Crippen LogP contribution in [0.15, 0.2) is 36.4 Å². The molecule has 0 saturated carbocycles. The molecule has 3 N–H and O–H groups in total. The fourth-order valence-corrected chi connectivity index (χ4v) is 2.33. The molecule has 0 fully saturated rings. The Balaban J connectivity index is 2.04. The first-order valence-corrected chi connectivity index (χ1v) is 6.52. The van der Waals surface area contributed by atoms with E-state index in [1.807, 2.05) is 30.3 Å². The lowest BCUT2D eigenvalue weighted by Crippen LogP contribution is -1.90. The molecule has 102 valence electrons. The predicted molar refractivity (Wildman–Crippen MR) is 76.4 cm³/mol. The highest BCUT2D eigenvalue weighted by Crippen LogP contribution is 2.33. The van der Waals surface area contributed by atoms with Gasteiger partial charge >= 0.3 is 0 Å². The fraction of sp³-hybridized carbons (Fsp3) is 0.200. The molecule has 0 spiro atoms. The zero-order valence-electron chi connectivity index (χ0n) is 10.9. The van der Waals surface area contributed by atoms with Gasteiger partial charge in [-0.05, 0) is 30.5 Å². The normalized spacial score (nSPS) is 11.1. The third-order valence-corrected chi connectivity index (χ3v) is 3.32. The first-order valence-electron chi connectivity index (χ1n) is 6.52. The number of phenolic OH excluding ortho intramolecular Hbond substituents is 1. The van der Waals surface area contributed by atoms with Gasteiger partial charge in [0.15, 0.2) is 0 Å². The number of phenols is 1. The van der Waals surface area contributed by atoms with Crippen molar-refractivity contribution in [3.63, 3.8) is 0 Å². The van der Waals surface area contributed by atoms with E-state index >= 15 is 0 Å². The van der Waals surface area contributed by atoms with Crippen molar-refractivity contribution < 1.29 is 10.2 Å². The molecule has 0 aliphatic rings. The van der Waals surface area contributed by atoms with Crippen LogP contribution in [0.1, 0.15) is 12.0 Å². The molecule has 5 nitrogen and oxygen atoms in total. The Labute approximate surface area is 115 Å². The Kier molecular flexibility index (Phi) is 3.35. The highest BCUT2D eigenvalue weighted by atomic mass is 16.3. The van der Waals surface area contributed by atoms with Crippen LogP contribution in [-0.2, 0) is 6.42 Å². The largest absolute Gasteiger partial charge is 0.507 e. The van der Waals surface area contributed by atoms with Crippen LogP contribution in [0.2, 0.25) is 0 Å². The molecule has 2 aromatic carbocycles. The number of benzene rings is 2. The van der Waals surface area contributed by atoms with E-state index in [-0.39, 0.29) is 12.4 Å². The summed E-state index contributed by atoms with van der Waals surface area (Å²) in [6, 6.07) is 11.3. The van der Waals surface area contributed by atoms with E-state index in [0.29, 0.717) is 6.42 Å². The maximum absolute atomic E-state index is 10.2. The number of H-pyrrole nitrogens is 1. The summed E-state index contributed by atoms with van der Waals surface area (Å²) < 4.78 is 0. The summed E-state index contributed by atoms with van der Waals surface area (Å²) in [5.74, 6) is 0.218. The highest BCUT2D eigenvalue weighted by molar-refractivity contribution is 5.92. The van der Waals surface area contributed by atoms with Crippen molar-refractivity contribution in [2.24, 2.45) is 0 Å². The molecular weight excluding hydrogens is 254 g/mol. The maximum Gasteiger partial charge on any atom is 0.123 e.